The van der Waals surface area contributed by atoms with Gasteiger partial charge in [0.1, 0.15) is 0 Å². The van der Waals surface area contributed by atoms with Crippen molar-refractivity contribution in [3.05, 3.63) is 35.9 Å². The molecule has 0 spiro atoms. The molecule has 1 N–H and O–H groups in total. The Labute approximate surface area is 115 Å². The number of amides is 2. The molecule has 0 bridgehead atoms. The normalized spacial score (nSPS) is 24.3. The summed E-state index contributed by atoms with van der Waals surface area (Å²) >= 11 is 0. The second-order valence-corrected chi connectivity index (χ2v) is 5.41. The molecule has 0 aliphatic carbocycles. The predicted octanol–water partition coefficient (Wildman–Crippen LogP) is 1.92. The van der Waals surface area contributed by atoms with Crippen LogP contribution >= 0.6 is 0 Å². The first-order valence-electron chi connectivity index (χ1n) is 6.86. The summed E-state index contributed by atoms with van der Waals surface area (Å²) in [6, 6.07) is 10.9. The number of hydrogen-bond donors (Lipinski definition) is 1. The molecule has 2 unspecified atom stereocenters. The number of nitrogens with zero attached hydrogens (tertiary/aromatic N) is 2. The molecule has 0 saturated carbocycles. The molecule has 1 aromatic carbocycles. The fourth-order valence-corrected chi connectivity index (χ4v) is 2.46. The number of carbonyl (C=O) groups is 1. The Morgan fingerprint density at radius 2 is 1.79 bits per heavy atom. The first kappa shape index (κ1) is 13.9. The minimum atomic E-state index is 0.0376. The van der Waals surface area contributed by atoms with Crippen molar-refractivity contribution in [1.82, 2.24) is 15.1 Å². The molecular weight excluding hydrogens is 238 g/mol. The first-order valence-corrected chi connectivity index (χ1v) is 6.86. The standard InChI is InChI=1S/C15H23N3O/c1-12-10-18(11-13(2)17(12)3)15(19)16-9-14-7-5-4-6-8-14/h4-8,12-13H,9-11H2,1-3H3,(H,16,19). The highest BCUT2D eigenvalue weighted by Crippen LogP contribution is 2.13. The molecule has 2 atom stereocenters. The first-order chi connectivity index (χ1) is 9.08. The maximum atomic E-state index is 12.2. The lowest BCUT2D eigenvalue weighted by Gasteiger charge is -2.42. The lowest BCUT2D eigenvalue weighted by Crippen LogP contribution is -2.58. The van der Waals surface area contributed by atoms with Crippen LogP contribution in [0.5, 0.6) is 0 Å². The number of hydrogen-bond acceptors (Lipinski definition) is 2. The largest absolute Gasteiger partial charge is 0.334 e. The fraction of sp³-hybridized carbons (Fsp3) is 0.533. The summed E-state index contributed by atoms with van der Waals surface area (Å²) in [5.41, 5.74) is 1.13. The maximum Gasteiger partial charge on any atom is 0.317 e. The summed E-state index contributed by atoms with van der Waals surface area (Å²) < 4.78 is 0. The van der Waals surface area contributed by atoms with Gasteiger partial charge in [0, 0.05) is 31.7 Å². The van der Waals surface area contributed by atoms with Crippen LogP contribution < -0.4 is 5.32 Å². The number of benzene rings is 1. The minimum Gasteiger partial charge on any atom is -0.334 e. The molecule has 1 aliphatic rings. The van der Waals surface area contributed by atoms with Crippen LogP contribution in [0.2, 0.25) is 0 Å². The van der Waals surface area contributed by atoms with Crippen LogP contribution in [0.1, 0.15) is 19.4 Å². The van der Waals surface area contributed by atoms with Gasteiger partial charge in [-0.1, -0.05) is 30.3 Å². The van der Waals surface area contributed by atoms with Gasteiger partial charge in [-0.3, -0.25) is 4.90 Å². The summed E-state index contributed by atoms with van der Waals surface area (Å²) in [4.78, 5) is 16.4. The topological polar surface area (TPSA) is 35.6 Å². The van der Waals surface area contributed by atoms with Crippen LogP contribution in [0.25, 0.3) is 0 Å². The van der Waals surface area contributed by atoms with Crippen LogP contribution in [0.15, 0.2) is 30.3 Å². The predicted molar refractivity (Wildman–Crippen MR) is 76.9 cm³/mol. The molecule has 1 aliphatic heterocycles. The van der Waals surface area contributed by atoms with Crippen molar-refractivity contribution in [1.29, 1.82) is 0 Å². The zero-order valence-electron chi connectivity index (χ0n) is 12.0. The van der Waals surface area contributed by atoms with Crippen LogP contribution in [0.4, 0.5) is 4.79 Å². The average Bonchev–Trinajstić information content (AvgIpc) is 2.42. The molecule has 4 nitrogen and oxygen atoms in total. The van der Waals surface area contributed by atoms with Crippen molar-refractivity contribution in [3.63, 3.8) is 0 Å². The summed E-state index contributed by atoms with van der Waals surface area (Å²) in [6.45, 7) is 6.50. The molecule has 1 aromatic rings. The van der Waals surface area contributed by atoms with E-state index in [0.29, 0.717) is 18.6 Å². The van der Waals surface area contributed by atoms with Gasteiger partial charge in [0.2, 0.25) is 0 Å². The lowest BCUT2D eigenvalue weighted by molar-refractivity contribution is 0.0769. The van der Waals surface area contributed by atoms with Gasteiger partial charge < -0.3 is 10.2 Å². The van der Waals surface area contributed by atoms with E-state index in [4.69, 9.17) is 0 Å². The Bertz CT molecular complexity index is 409. The van der Waals surface area contributed by atoms with Gasteiger partial charge in [0.15, 0.2) is 0 Å². The zero-order chi connectivity index (χ0) is 13.8. The van der Waals surface area contributed by atoms with E-state index < -0.39 is 0 Å². The van der Waals surface area contributed by atoms with Gasteiger partial charge in [-0.25, -0.2) is 4.79 Å². The third kappa shape index (κ3) is 3.47. The Morgan fingerprint density at radius 3 is 2.37 bits per heavy atom. The second kappa shape index (κ2) is 6.06. The van der Waals surface area contributed by atoms with Gasteiger partial charge in [0.25, 0.3) is 0 Å². The molecule has 0 radical (unpaired) electrons. The molecule has 104 valence electrons. The van der Waals surface area contributed by atoms with E-state index in [0.717, 1.165) is 18.7 Å². The van der Waals surface area contributed by atoms with E-state index in [1.54, 1.807) is 0 Å². The van der Waals surface area contributed by atoms with Crippen molar-refractivity contribution in [2.75, 3.05) is 20.1 Å². The second-order valence-electron chi connectivity index (χ2n) is 5.41. The summed E-state index contributed by atoms with van der Waals surface area (Å²) in [5.74, 6) is 0. The Kier molecular flexibility index (Phi) is 4.43. The number of rotatable bonds is 2. The zero-order valence-corrected chi connectivity index (χ0v) is 12.0. The quantitative estimate of drug-likeness (QED) is 0.883. The van der Waals surface area contributed by atoms with Crippen LogP contribution in [0, 0.1) is 0 Å². The molecule has 1 saturated heterocycles. The van der Waals surface area contributed by atoms with Gasteiger partial charge in [-0.2, -0.15) is 0 Å². The molecule has 1 fully saturated rings. The highest BCUT2D eigenvalue weighted by molar-refractivity contribution is 5.74. The van der Waals surface area contributed by atoms with E-state index in [9.17, 15) is 4.79 Å². The van der Waals surface area contributed by atoms with Crippen molar-refractivity contribution >= 4 is 6.03 Å². The average molecular weight is 261 g/mol. The number of likely N-dealkylation sites (N-methyl/N-ethyl adjacent to an activating group) is 1. The molecule has 4 heteroatoms. The van der Waals surface area contributed by atoms with E-state index in [1.807, 2.05) is 35.2 Å². The SMILES string of the molecule is CC1CN(C(=O)NCc2ccccc2)CC(C)N1C. The van der Waals surface area contributed by atoms with E-state index in [-0.39, 0.29) is 6.03 Å². The van der Waals surface area contributed by atoms with E-state index in [2.05, 4.69) is 31.1 Å². The maximum absolute atomic E-state index is 12.2. The Hall–Kier alpha value is -1.55. The lowest BCUT2D eigenvalue weighted by atomic mass is 10.1. The molecule has 2 rings (SSSR count). The number of nitrogens with one attached hydrogen (secondary N) is 1. The number of urea groups is 1. The van der Waals surface area contributed by atoms with Gasteiger partial charge >= 0.3 is 6.03 Å². The minimum absolute atomic E-state index is 0.0376. The molecule has 2 amide bonds. The Morgan fingerprint density at radius 1 is 1.21 bits per heavy atom. The van der Waals surface area contributed by atoms with Crippen molar-refractivity contribution in [2.45, 2.75) is 32.5 Å². The molecule has 19 heavy (non-hydrogen) atoms. The van der Waals surface area contributed by atoms with E-state index in [1.165, 1.54) is 0 Å². The van der Waals surface area contributed by atoms with Crippen molar-refractivity contribution in [3.8, 4) is 0 Å². The molecule has 0 aromatic heterocycles. The van der Waals surface area contributed by atoms with E-state index >= 15 is 0 Å². The van der Waals surface area contributed by atoms with Gasteiger partial charge in [0.05, 0.1) is 0 Å². The Balaban J connectivity index is 1.87. The summed E-state index contributed by atoms with van der Waals surface area (Å²) in [7, 11) is 2.12. The van der Waals surface area contributed by atoms with Crippen molar-refractivity contribution < 1.29 is 4.79 Å². The van der Waals surface area contributed by atoms with Crippen LogP contribution in [0.3, 0.4) is 0 Å². The number of carbonyl (C=O) groups excluding carboxylic acids is 1. The highest BCUT2D eigenvalue weighted by atomic mass is 16.2. The third-order valence-corrected chi connectivity index (χ3v) is 3.93. The van der Waals surface area contributed by atoms with Gasteiger partial charge in [-0.15, -0.1) is 0 Å². The monoisotopic (exact) mass is 261 g/mol. The van der Waals surface area contributed by atoms with Crippen LogP contribution in [-0.4, -0.2) is 48.1 Å². The summed E-state index contributed by atoms with van der Waals surface area (Å²) in [5, 5.41) is 2.99. The van der Waals surface area contributed by atoms with Gasteiger partial charge in [-0.05, 0) is 26.5 Å². The molecule has 1 heterocycles. The number of piperazine rings is 1. The van der Waals surface area contributed by atoms with Crippen LogP contribution in [-0.2, 0) is 6.54 Å². The smallest absolute Gasteiger partial charge is 0.317 e. The van der Waals surface area contributed by atoms with Crippen molar-refractivity contribution in [2.24, 2.45) is 0 Å². The highest BCUT2D eigenvalue weighted by Gasteiger charge is 2.28. The summed E-state index contributed by atoms with van der Waals surface area (Å²) in [6.07, 6.45) is 0. The molecular formula is C15H23N3O. The third-order valence-electron chi connectivity index (χ3n) is 3.93. The fourth-order valence-electron chi connectivity index (χ4n) is 2.46.